The molecule has 1 aromatic rings. The zero-order valence-corrected chi connectivity index (χ0v) is 25.0. The van der Waals surface area contributed by atoms with Crippen LogP contribution in [-0.4, -0.2) is 55.0 Å². The zero-order chi connectivity index (χ0) is 27.7. The fraction of sp³-hybridized carbons (Fsp3) is 0.714. The molecule has 6 nitrogen and oxygen atoms in total. The number of hydrogen-bond donors (Lipinski definition) is 0. The van der Waals surface area contributed by atoms with Crippen LogP contribution in [0.3, 0.4) is 0 Å². The van der Waals surface area contributed by atoms with Crippen LogP contribution in [0.1, 0.15) is 95.1 Å². The minimum atomic E-state index is -0.663. The Bertz CT molecular complexity index is 946. The van der Waals surface area contributed by atoms with Gasteiger partial charge < -0.3 is 27.9 Å². The molecule has 0 aliphatic carbocycles. The van der Waals surface area contributed by atoms with E-state index >= 15 is 0 Å². The predicted molar refractivity (Wildman–Crippen MR) is 150 cm³/mol. The molecule has 1 aromatic carbocycles. The molecule has 3 aliphatic rings. The monoisotopic (exact) mass is 510 g/mol. The Labute approximate surface area is 225 Å². The fourth-order valence-electron chi connectivity index (χ4n) is 4.66. The van der Waals surface area contributed by atoms with E-state index in [0.29, 0.717) is 6.42 Å². The highest BCUT2D eigenvalue weighted by Crippen LogP contribution is 2.46. The van der Waals surface area contributed by atoms with Crippen molar-refractivity contribution >= 4 is 21.4 Å². The molecule has 0 aromatic heterocycles. The lowest BCUT2D eigenvalue weighted by molar-refractivity contribution is 0.00578. The first-order valence-electron chi connectivity index (χ1n) is 13.6. The van der Waals surface area contributed by atoms with Crippen molar-refractivity contribution in [1.82, 2.24) is 0 Å². The molecule has 3 aliphatic heterocycles. The number of allylic oxidation sites excluding steroid dienone is 1. The summed E-state index contributed by atoms with van der Waals surface area (Å²) in [5.41, 5.74) is -0.877. The summed E-state index contributed by atoms with van der Waals surface area (Å²) in [6.45, 7) is 24.8. The van der Waals surface area contributed by atoms with E-state index in [2.05, 4.69) is 107 Å². The molecule has 9 heteroatoms. The summed E-state index contributed by atoms with van der Waals surface area (Å²) >= 11 is 0. The van der Waals surface area contributed by atoms with Crippen LogP contribution in [0, 0.1) is 0 Å². The molecule has 4 rings (SSSR count). The van der Waals surface area contributed by atoms with Crippen molar-refractivity contribution in [2.75, 3.05) is 0 Å². The molecule has 0 amide bonds. The summed E-state index contributed by atoms with van der Waals surface area (Å²) < 4.78 is 39.7. The highest BCUT2D eigenvalue weighted by atomic mass is 16.7. The molecule has 202 valence electrons. The summed E-state index contributed by atoms with van der Waals surface area (Å²) in [5, 5.41) is 0.812. The highest BCUT2D eigenvalue weighted by Gasteiger charge is 2.62. The Kier molecular flexibility index (Phi) is 7.22. The van der Waals surface area contributed by atoms with E-state index in [4.69, 9.17) is 27.9 Å². The van der Waals surface area contributed by atoms with Crippen molar-refractivity contribution in [3.63, 3.8) is 0 Å². The zero-order valence-electron chi connectivity index (χ0n) is 25.0. The van der Waals surface area contributed by atoms with Crippen molar-refractivity contribution in [2.45, 2.75) is 130 Å². The van der Waals surface area contributed by atoms with Gasteiger partial charge in [0.25, 0.3) is 0 Å². The van der Waals surface area contributed by atoms with Crippen LogP contribution in [0.15, 0.2) is 41.2 Å². The van der Waals surface area contributed by atoms with Crippen LogP contribution >= 0.6 is 0 Å². The molecule has 0 atom stereocenters. The maximum atomic E-state index is 6.62. The van der Waals surface area contributed by atoms with E-state index in [-0.39, 0.29) is 0 Å². The Balaban J connectivity index is 1.84. The van der Waals surface area contributed by atoms with Gasteiger partial charge in [0.05, 0.1) is 33.6 Å². The lowest BCUT2D eigenvalue weighted by Gasteiger charge is -2.32. The third kappa shape index (κ3) is 5.25. The quantitative estimate of drug-likeness (QED) is 0.451. The van der Waals surface area contributed by atoms with Crippen LogP contribution in [0.5, 0.6) is 0 Å². The highest BCUT2D eigenvalue weighted by molar-refractivity contribution is 6.81. The van der Waals surface area contributed by atoms with Crippen LogP contribution in [-0.2, 0) is 34.3 Å². The minimum Gasteiger partial charge on any atom is -0.400 e. The van der Waals surface area contributed by atoms with Crippen molar-refractivity contribution in [2.24, 2.45) is 0 Å². The van der Waals surface area contributed by atoms with Gasteiger partial charge in [-0.1, -0.05) is 30.3 Å². The summed E-state index contributed by atoms with van der Waals surface area (Å²) in [4.78, 5) is 0. The smallest absolute Gasteiger partial charge is 0.400 e. The normalized spacial score (nSPS) is 26.5. The van der Waals surface area contributed by atoms with Gasteiger partial charge in [-0.05, 0) is 112 Å². The van der Waals surface area contributed by atoms with E-state index in [9.17, 15) is 0 Å². The van der Waals surface area contributed by atoms with Gasteiger partial charge in [0.15, 0.2) is 0 Å². The van der Waals surface area contributed by atoms with Crippen molar-refractivity contribution in [3.05, 3.63) is 46.7 Å². The summed E-state index contributed by atoms with van der Waals surface area (Å²) in [6.07, 6.45) is 1.49. The topological polar surface area (TPSA) is 55.4 Å². The summed E-state index contributed by atoms with van der Waals surface area (Å²) in [7, 11) is -1.91. The Morgan fingerprint density at radius 2 is 0.838 bits per heavy atom. The Morgan fingerprint density at radius 3 is 1.19 bits per heavy atom. The summed E-state index contributed by atoms with van der Waals surface area (Å²) in [6, 6.07) is 10.5. The first-order valence-corrected chi connectivity index (χ1v) is 13.6. The molecule has 0 unspecified atom stereocenters. The molecule has 0 spiro atoms. The van der Waals surface area contributed by atoms with Crippen molar-refractivity contribution in [1.29, 1.82) is 0 Å². The van der Waals surface area contributed by atoms with E-state index in [1.54, 1.807) is 0 Å². The Hall–Kier alpha value is -1.09. The Morgan fingerprint density at radius 1 is 0.514 bits per heavy atom. The first kappa shape index (κ1) is 28.9. The maximum Gasteiger partial charge on any atom is 0.489 e. The second-order valence-corrected chi connectivity index (χ2v) is 13.7. The standard InChI is InChI=1S/C28H45B3O6/c1-23(2)24(3,4)33-29(32-23)21(19-18-20-16-14-13-15-17-20)22(30-34-25(5,6)26(7,8)35-30)31-36-27(9,10)28(11,12)37-31/h13-17H,18-19H2,1-12H3. The average Bonchev–Trinajstić information content (AvgIpc) is 3.19. The second-order valence-electron chi connectivity index (χ2n) is 13.7. The van der Waals surface area contributed by atoms with Gasteiger partial charge in [0.2, 0.25) is 0 Å². The van der Waals surface area contributed by atoms with E-state index in [1.165, 1.54) is 5.56 Å². The number of benzene rings is 1. The molecule has 0 bridgehead atoms. The largest absolute Gasteiger partial charge is 0.489 e. The van der Waals surface area contributed by atoms with Crippen molar-refractivity contribution in [3.8, 4) is 0 Å². The van der Waals surface area contributed by atoms with Crippen LogP contribution < -0.4 is 0 Å². The van der Waals surface area contributed by atoms with E-state index in [1.807, 2.05) is 6.07 Å². The lowest BCUT2D eigenvalue weighted by atomic mass is 9.50. The second kappa shape index (κ2) is 9.24. The van der Waals surface area contributed by atoms with Crippen LogP contribution in [0.4, 0.5) is 0 Å². The van der Waals surface area contributed by atoms with Crippen LogP contribution in [0.25, 0.3) is 0 Å². The van der Waals surface area contributed by atoms with Gasteiger partial charge in [0, 0.05) is 0 Å². The molecule has 37 heavy (non-hydrogen) atoms. The summed E-state index contributed by atoms with van der Waals surface area (Å²) in [5.74, 6) is 0. The number of hydrogen-bond acceptors (Lipinski definition) is 6. The van der Waals surface area contributed by atoms with Gasteiger partial charge in [-0.3, -0.25) is 0 Å². The van der Waals surface area contributed by atoms with Gasteiger partial charge in [0.1, 0.15) is 0 Å². The third-order valence-corrected chi connectivity index (χ3v) is 9.45. The molecular formula is C28H45B3O6. The van der Waals surface area contributed by atoms with Gasteiger partial charge in [-0.25, -0.2) is 0 Å². The van der Waals surface area contributed by atoms with Crippen LogP contribution in [0.2, 0.25) is 0 Å². The lowest BCUT2D eigenvalue weighted by Crippen LogP contribution is -2.41. The van der Waals surface area contributed by atoms with E-state index < -0.39 is 55.0 Å². The minimum absolute atomic E-state index is 0.493. The molecule has 0 saturated carbocycles. The maximum absolute atomic E-state index is 6.62. The van der Waals surface area contributed by atoms with Gasteiger partial charge in [-0.15, -0.1) is 0 Å². The van der Waals surface area contributed by atoms with E-state index in [0.717, 1.165) is 17.3 Å². The predicted octanol–water partition coefficient (Wildman–Crippen LogP) is 5.81. The molecule has 0 N–H and O–H groups in total. The van der Waals surface area contributed by atoms with Crippen molar-refractivity contribution < 1.29 is 27.9 Å². The van der Waals surface area contributed by atoms with Gasteiger partial charge in [-0.2, -0.15) is 0 Å². The molecule has 3 heterocycles. The SMILES string of the molecule is CC1(C)OB(C(CCc2ccccc2)=C(B2OC(C)(C)C(C)(C)O2)B2OC(C)(C)C(C)(C)O2)OC1(C)C. The fourth-order valence-corrected chi connectivity index (χ4v) is 4.66. The van der Waals surface area contributed by atoms with Gasteiger partial charge >= 0.3 is 21.4 Å². The molecular weight excluding hydrogens is 465 g/mol. The average molecular weight is 510 g/mol. The number of aryl methyl sites for hydroxylation is 1. The number of rotatable bonds is 6. The molecule has 3 fully saturated rings. The molecule has 0 radical (unpaired) electrons. The third-order valence-electron chi connectivity index (χ3n) is 9.45. The first-order chi connectivity index (χ1) is 16.8. The molecule has 3 saturated heterocycles.